The van der Waals surface area contributed by atoms with E-state index in [1.54, 1.807) is 13.1 Å². The van der Waals surface area contributed by atoms with Crippen LogP contribution in [-0.4, -0.2) is 32.0 Å². The van der Waals surface area contributed by atoms with Crippen molar-refractivity contribution >= 4 is 5.91 Å². The molecule has 1 amide bonds. The van der Waals surface area contributed by atoms with Crippen molar-refractivity contribution in [3.63, 3.8) is 0 Å². The molecule has 2 N–H and O–H groups in total. The molecule has 0 saturated heterocycles. The van der Waals surface area contributed by atoms with Crippen molar-refractivity contribution in [3.8, 4) is 0 Å². The maximum absolute atomic E-state index is 11.3. The number of aliphatic hydroxyl groups excluding tert-OH is 1. The highest BCUT2D eigenvalue weighted by Gasteiger charge is 2.09. The zero-order valence-electron chi connectivity index (χ0n) is 9.14. The summed E-state index contributed by atoms with van der Waals surface area (Å²) in [5.41, 5.74) is 0.465. The Bertz CT molecular complexity index is 333. The monoisotopic (exact) mass is 212 g/mol. The Hall–Kier alpha value is -1.43. The molecule has 15 heavy (non-hydrogen) atoms. The summed E-state index contributed by atoms with van der Waals surface area (Å²) in [5.74, 6) is -0.118. The highest BCUT2D eigenvalue weighted by Crippen LogP contribution is 2.05. The average molecular weight is 212 g/mol. The number of hydrogen-bond acceptors (Lipinski definition) is 4. The van der Waals surface area contributed by atoms with Gasteiger partial charge in [0.15, 0.2) is 0 Å². The second kappa shape index (κ2) is 4.88. The highest BCUT2D eigenvalue weighted by atomic mass is 16.3. The SMILES string of the molecule is CC(C)NC(=O)Cn1cc(C(C)O)nn1. The van der Waals surface area contributed by atoms with Crippen LogP contribution in [0, 0.1) is 0 Å². The predicted octanol–water partition coefficient (Wildman–Crippen LogP) is -0.144. The van der Waals surface area contributed by atoms with Crippen LogP contribution < -0.4 is 5.32 Å². The first kappa shape index (κ1) is 11.6. The lowest BCUT2D eigenvalue weighted by molar-refractivity contribution is -0.122. The van der Waals surface area contributed by atoms with Crippen LogP contribution in [0.25, 0.3) is 0 Å². The van der Waals surface area contributed by atoms with E-state index in [0.29, 0.717) is 5.69 Å². The van der Waals surface area contributed by atoms with E-state index in [1.807, 2.05) is 13.8 Å². The van der Waals surface area contributed by atoms with Gasteiger partial charge in [-0.25, -0.2) is 4.68 Å². The number of aliphatic hydroxyl groups is 1. The van der Waals surface area contributed by atoms with Gasteiger partial charge in [-0.15, -0.1) is 5.10 Å². The topological polar surface area (TPSA) is 80.0 Å². The molecule has 6 nitrogen and oxygen atoms in total. The van der Waals surface area contributed by atoms with Gasteiger partial charge in [0.05, 0.1) is 12.3 Å². The van der Waals surface area contributed by atoms with Crippen LogP contribution in [0.5, 0.6) is 0 Å². The summed E-state index contributed by atoms with van der Waals surface area (Å²) in [5, 5.41) is 19.4. The predicted molar refractivity (Wildman–Crippen MR) is 53.9 cm³/mol. The van der Waals surface area contributed by atoms with Crippen molar-refractivity contribution in [2.45, 2.75) is 39.5 Å². The van der Waals surface area contributed by atoms with Crippen LogP contribution in [0.3, 0.4) is 0 Å². The number of rotatable bonds is 4. The van der Waals surface area contributed by atoms with E-state index < -0.39 is 6.10 Å². The van der Waals surface area contributed by atoms with E-state index in [0.717, 1.165) is 0 Å². The molecule has 1 aromatic heterocycles. The van der Waals surface area contributed by atoms with Crippen molar-refractivity contribution < 1.29 is 9.90 Å². The fraction of sp³-hybridized carbons (Fsp3) is 0.667. The Morgan fingerprint density at radius 1 is 1.60 bits per heavy atom. The van der Waals surface area contributed by atoms with Gasteiger partial charge < -0.3 is 10.4 Å². The van der Waals surface area contributed by atoms with E-state index in [2.05, 4.69) is 15.6 Å². The first-order valence-corrected chi connectivity index (χ1v) is 4.86. The lowest BCUT2D eigenvalue weighted by Crippen LogP contribution is -2.33. The van der Waals surface area contributed by atoms with Crippen LogP contribution in [0.15, 0.2) is 6.20 Å². The third-order valence-corrected chi connectivity index (χ3v) is 1.74. The van der Waals surface area contributed by atoms with E-state index in [-0.39, 0.29) is 18.5 Å². The first-order chi connectivity index (χ1) is 6.99. The zero-order valence-corrected chi connectivity index (χ0v) is 9.14. The molecule has 1 rings (SSSR count). The summed E-state index contributed by atoms with van der Waals surface area (Å²) in [4.78, 5) is 11.3. The second-order valence-electron chi connectivity index (χ2n) is 3.74. The maximum Gasteiger partial charge on any atom is 0.241 e. The minimum absolute atomic E-state index is 0.109. The molecular formula is C9H16N4O2. The van der Waals surface area contributed by atoms with Gasteiger partial charge in [-0.1, -0.05) is 5.21 Å². The minimum Gasteiger partial charge on any atom is -0.387 e. The van der Waals surface area contributed by atoms with Gasteiger partial charge >= 0.3 is 0 Å². The normalized spacial score (nSPS) is 12.9. The highest BCUT2D eigenvalue weighted by molar-refractivity contribution is 5.75. The van der Waals surface area contributed by atoms with E-state index in [4.69, 9.17) is 0 Å². The number of aromatic nitrogens is 3. The molecule has 0 fully saturated rings. The lowest BCUT2D eigenvalue weighted by Gasteiger charge is -2.07. The van der Waals surface area contributed by atoms with Crippen molar-refractivity contribution in [1.29, 1.82) is 0 Å². The number of carbonyl (C=O) groups excluding carboxylic acids is 1. The third-order valence-electron chi connectivity index (χ3n) is 1.74. The van der Waals surface area contributed by atoms with E-state index in [9.17, 15) is 9.90 Å². The first-order valence-electron chi connectivity index (χ1n) is 4.86. The van der Waals surface area contributed by atoms with Gasteiger partial charge in [0.25, 0.3) is 0 Å². The molecule has 0 aliphatic carbocycles. The van der Waals surface area contributed by atoms with E-state index in [1.165, 1.54) is 4.68 Å². The molecule has 84 valence electrons. The minimum atomic E-state index is -0.660. The number of nitrogens with one attached hydrogen (secondary N) is 1. The van der Waals surface area contributed by atoms with Crippen LogP contribution in [0.1, 0.15) is 32.6 Å². The smallest absolute Gasteiger partial charge is 0.241 e. The largest absolute Gasteiger partial charge is 0.387 e. The van der Waals surface area contributed by atoms with Crippen LogP contribution >= 0.6 is 0 Å². The molecule has 0 saturated carbocycles. The van der Waals surface area contributed by atoms with Crippen LogP contribution in [-0.2, 0) is 11.3 Å². The van der Waals surface area contributed by atoms with Crippen LogP contribution in [0.2, 0.25) is 0 Å². The van der Waals surface area contributed by atoms with Gasteiger partial charge in [0.2, 0.25) is 5.91 Å². The summed E-state index contributed by atoms with van der Waals surface area (Å²) in [6, 6.07) is 0.109. The summed E-state index contributed by atoms with van der Waals surface area (Å²) in [6.07, 6.45) is 0.900. The number of nitrogens with zero attached hydrogens (tertiary/aromatic N) is 3. The molecular weight excluding hydrogens is 196 g/mol. The Kier molecular flexibility index (Phi) is 3.79. The molecule has 1 unspecified atom stereocenters. The standard InChI is InChI=1S/C9H16N4O2/c1-6(2)10-9(15)5-13-4-8(7(3)14)11-12-13/h4,6-7,14H,5H2,1-3H3,(H,10,15). The average Bonchev–Trinajstić information content (AvgIpc) is 2.50. The third kappa shape index (κ3) is 3.67. The van der Waals surface area contributed by atoms with Crippen LogP contribution in [0.4, 0.5) is 0 Å². The Balaban J connectivity index is 2.53. The van der Waals surface area contributed by atoms with Crippen molar-refractivity contribution in [1.82, 2.24) is 20.3 Å². The fourth-order valence-electron chi connectivity index (χ4n) is 1.10. The quantitative estimate of drug-likeness (QED) is 0.727. The lowest BCUT2D eigenvalue weighted by atomic mass is 10.3. The molecule has 6 heteroatoms. The van der Waals surface area contributed by atoms with Gasteiger partial charge in [-0.05, 0) is 20.8 Å². The fourth-order valence-corrected chi connectivity index (χ4v) is 1.10. The molecule has 0 aromatic carbocycles. The van der Waals surface area contributed by atoms with Gasteiger partial charge in [-0.2, -0.15) is 0 Å². The number of amides is 1. The molecule has 0 bridgehead atoms. The summed E-state index contributed by atoms with van der Waals surface area (Å²) < 4.78 is 1.40. The molecule has 1 atom stereocenters. The van der Waals surface area contributed by atoms with E-state index >= 15 is 0 Å². The second-order valence-corrected chi connectivity index (χ2v) is 3.74. The Labute approximate surface area is 88.3 Å². The molecule has 0 aliphatic heterocycles. The number of carbonyl (C=O) groups is 1. The Morgan fingerprint density at radius 3 is 2.73 bits per heavy atom. The molecule has 1 heterocycles. The van der Waals surface area contributed by atoms with Gasteiger partial charge in [-0.3, -0.25) is 4.79 Å². The van der Waals surface area contributed by atoms with Gasteiger partial charge in [0.1, 0.15) is 12.2 Å². The molecule has 1 aromatic rings. The molecule has 0 radical (unpaired) electrons. The summed E-state index contributed by atoms with van der Waals surface area (Å²) in [6.45, 7) is 5.50. The van der Waals surface area contributed by atoms with Crippen molar-refractivity contribution in [2.75, 3.05) is 0 Å². The Morgan fingerprint density at radius 2 is 2.27 bits per heavy atom. The molecule has 0 spiro atoms. The maximum atomic E-state index is 11.3. The summed E-state index contributed by atoms with van der Waals surface area (Å²) >= 11 is 0. The van der Waals surface area contributed by atoms with Crippen molar-refractivity contribution in [3.05, 3.63) is 11.9 Å². The van der Waals surface area contributed by atoms with Crippen molar-refractivity contribution in [2.24, 2.45) is 0 Å². The zero-order chi connectivity index (χ0) is 11.4. The number of hydrogen-bond donors (Lipinski definition) is 2. The summed E-state index contributed by atoms with van der Waals surface area (Å²) in [7, 11) is 0. The van der Waals surface area contributed by atoms with Gasteiger partial charge in [0, 0.05) is 6.04 Å². The molecule has 0 aliphatic rings.